The lowest BCUT2D eigenvalue weighted by molar-refractivity contribution is -0.141. The van der Waals surface area contributed by atoms with Crippen molar-refractivity contribution in [2.75, 3.05) is 11.9 Å². The summed E-state index contributed by atoms with van der Waals surface area (Å²) in [5.41, 5.74) is 0.646. The average molecular weight is 473 g/mol. The van der Waals surface area contributed by atoms with Gasteiger partial charge in [0, 0.05) is 36.5 Å². The fourth-order valence-electron chi connectivity index (χ4n) is 3.95. The zero-order chi connectivity index (χ0) is 23.8. The number of nitrogens with zero attached hydrogens (tertiary/aromatic N) is 2. The van der Waals surface area contributed by atoms with Gasteiger partial charge in [0.2, 0.25) is 17.7 Å². The van der Waals surface area contributed by atoms with E-state index in [1.54, 1.807) is 43.3 Å². The van der Waals surface area contributed by atoms with E-state index in [-0.39, 0.29) is 43.1 Å². The largest absolute Gasteiger partial charge is 0.360 e. The van der Waals surface area contributed by atoms with E-state index in [0.717, 1.165) is 25.7 Å². The van der Waals surface area contributed by atoms with Crippen molar-refractivity contribution in [3.8, 4) is 0 Å². The molecule has 1 aromatic carbocycles. The van der Waals surface area contributed by atoms with Crippen LogP contribution in [0.25, 0.3) is 0 Å². The molecule has 3 rings (SSSR count). The minimum atomic E-state index is -0.852. The topological polar surface area (TPSA) is 105 Å². The zero-order valence-corrected chi connectivity index (χ0v) is 19.4. The van der Waals surface area contributed by atoms with Crippen LogP contribution in [0.1, 0.15) is 55.9 Å². The Hall–Kier alpha value is -3.13. The summed E-state index contributed by atoms with van der Waals surface area (Å²) in [5.74, 6) is -0.0843. The molecule has 176 valence electrons. The lowest BCUT2D eigenvalue weighted by Gasteiger charge is -2.31. The summed E-state index contributed by atoms with van der Waals surface area (Å²) >= 11 is 6.04. The molecule has 33 heavy (non-hydrogen) atoms. The van der Waals surface area contributed by atoms with Crippen LogP contribution in [-0.4, -0.2) is 40.4 Å². The first-order valence-electron chi connectivity index (χ1n) is 11.1. The normalized spacial score (nSPS) is 14.5. The number of hydrogen-bond acceptors (Lipinski definition) is 5. The number of carbonyl (C=O) groups is 3. The van der Waals surface area contributed by atoms with Gasteiger partial charge in [-0.25, -0.2) is 0 Å². The molecule has 8 nitrogen and oxygen atoms in total. The predicted octanol–water partition coefficient (Wildman–Crippen LogP) is 4.17. The van der Waals surface area contributed by atoms with E-state index in [2.05, 4.69) is 22.4 Å². The van der Waals surface area contributed by atoms with Crippen LogP contribution in [0.3, 0.4) is 0 Å². The molecule has 1 aliphatic rings. The highest BCUT2D eigenvalue weighted by atomic mass is 35.5. The third-order valence-corrected chi connectivity index (χ3v) is 5.81. The molecule has 1 heterocycles. The molecule has 0 radical (unpaired) electrons. The maximum Gasteiger partial charge on any atom is 0.247 e. The van der Waals surface area contributed by atoms with Gasteiger partial charge in [-0.3, -0.25) is 14.4 Å². The van der Waals surface area contributed by atoms with E-state index in [1.807, 2.05) is 0 Å². The second-order valence-corrected chi connectivity index (χ2v) is 8.59. The first-order valence-corrected chi connectivity index (χ1v) is 11.4. The zero-order valence-electron chi connectivity index (χ0n) is 18.7. The van der Waals surface area contributed by atoms with Crippen molar-refractivity contribution in [2.24, 2.45) is 0 Å². The van der Waals surface area contributed by atoms with Crippen LogP contribution in [-0.2, 0) is 14.4 Å². The minimum Gasteiger partial charge on any atom is -0.360 e. The van der Waals surface area contributed by atoms with E-state index >= 15 is 0 Å². The van der Waals surface area contributed by atoms with E-state index in [4.69, 9.17) is 16.1 Å². The lowest BCUT2D eigenvalue weighted by atomic mass is 10.0. The van der Waals surface area contributed by atoms with Crippen molar-refractivity contribution in [3.05, 3.63) is 59.3 Å². The lowest BCUT2D eigenvalue weighted by Crippen LogP contribution is -2.46. The molecule has 1 saturated carbocycles. The van der Waals surface area contributed by atoms with Crippen LogP contribution in [0.15, 0.2) is 47.5 Å². The van der Waals surface area contributed by atoms with Gasteiger partial charge in [-0.05, 0) is 37.5 Å². The third-order valence-electron chi connectivity index (χ3n) is 5.55. The Labute approximate surface area is 198 Å². The third kappa shape index (κ3) is 6.92. The summed E-state index contributed by atoms with van der Waals surface area (Å²) in [6.45, 7) is 5.62. The standard InChI is InChI=1S/C24H29ClN4O4/c1-3-14-29(22(31)13-12-21(30)27-20-15-16(2)33-28-20)23(17-8-10-18(25)11-9-17)24(32)26-19-6-4-5-7-19/h3,8-11,15,19,23H,1,4-7,12-14H2,2H3,(H,26,32)(H,27,28,30)/t23-/m0/s1. The summed E-state index contributed by atoms with van der Waals surface area (Å²) in [7, 11) is 0. The van der Waals surface area contributed by atoms with Crippen LogP contribution in [0, 0.1) is 6.92 Å². The number of benzene rings is 1. The summed E-state index contributed by atoms with van der Waals surface area (Å²) in [6, 6.07) is 7.70. The van der Waals surface area contributed by atoms with Gasteiger partial charge in [0.05, 0.1) is 0 Å². The Kier molecular flexibility index (Phi) is 8.65. The predicted molar refractivity (Wildman–Crippen MR) is 126 cm³/mol. The molecule has 2 N–H and O–H groups in total. The van der Waals surface area contributed by atoms with Gasteiger partial charge in [-0.15, -0.1) is 6.58 Å². The van der Waals surface area contributed by atoms with Gasteiger partial charge in [0.15, 0.2) is 5.82 Å². The van der Waals surface area contributed by atoms with Crippen molar-refractivity contribution >= 4 is 35.1 Å². The smallest absolute Gasteiger partial charge is 0.247 e. The molecule has 1 aromatic heterocycles. The molecule has 9 heteroatoms. The van der Waals surface area contributed by atoms with Crippen molar-refractivity contribution < 1.29 is 18.9 Å². The quantitative estimate of drug-likeness (QED) is 0.505. The first-order chi connectivity index (χ1) is 15.9. The Bertz CT molecular complexity index is 983. The Morgan fingerprint density at radius 1 is 1.24 bits per heavy atom. The number of aromatic nitrogens is 1. The fraction of sp³-hybridized carbons (Fsp3) is 0.417. The number of hydrogen-bond donors (Lipinski definition) is 2. The van der Waals surface area contributed by atoms with E-state index < -0.39 is 6.04 Å². The highest BCUT2D eigenvalue weighted by molar-refractivity contribution is 6.30. The summed E-state index contributed by atoms with van der Waals surface area (Å²) in [5, 5.41) is 9.94. The number of amides is 3. The van der Waals surface area contributed by atoms with Crippen LogP contribution in [0.2, 0.25) is 5.02 Å². The Balaban J connectivity index is 1.74. The Morgan fingerprint density at radius 2 is 1.94 bits per heavy atom. The molecule has 0 aliphatic heterocycles. The SMILES string of the molecule is C=CCN(C(=O)CCC(=O)Nc1cc(C)on1)[C@H](C(=O)NC1CCCC1)c1ccc(Cl)cc1. The number of nitrogens with one attached hydrogen (secondary N) is 2. The van der Waals surface area contributed by atoms with Crippen molar-refractivity contribution in [3.63, 3.8) is 0 Å². The van der Waals surface area contributed by atoms with Gasteiger partial charge in [0.25, 0.3) is 0 Å². The fourth-order valence-corrected chi connectivity index (χ4v) is 4.08. The van der Waals surface area contributed by atoms with Crippen molar-refractivity contribution in [1.29, 1.82) is 0 Å². The summed E-state index contributed by atoms with van der Waals surface area (Å²) in [4.78, 5) is 40.2. The van der Waals surface area contributed by atoms with Gasteiger partial charge in [0.1, 0.15) is 11.8 Å². The first kappa shape index (κ1) is 24.5. The van der Waals surface area contributed by atoms with E-state index in [0.29, 0.717) is 22.2 Å². The highest BCUT2D eigenvalue weighted by Crippen LogP contribution is 2.26. The molecule has 0 bridgehead atoms. The number of rotatable bonds is 10. The second kappa shape index (κ2) is 11.7. The summed E-state index contributed by atoms with van der Waals surface area (Å²) < 4.78 is 4.93. The van der Waals surface area contributed by atoms with Gasteiger partial charge < -0.3 is 20.1 Å². The molecule has 1 aliphatic carbocycles. The van der Waals surface area contributed by atoms with Crippen LogP contribution < -0.4 is 10.6 Å². The van der Waals surface area contributed by atoms with E-state index in [9.17, 15) is 14.4 Å². The molecule has 1 atom stereocenters. The molecule has 1 fully saturated rings. The second-order valence-electron chi connectivity index (χ2n) is 8.15. The van der Waals surface area contributed by atoms with Crippen LogP contribution in [0.5, 0.6) is 0 Å². The number of anilines is 1. The molecular formula is C24H29ClN4O4. The van der Waals surface area contributed by atoms with Crippen LogP contribution >= 0.6 is 11.6 Å². The maximum absolute atomic E-state index is 13.3. The minimum absolute atomic E-state index is 0.0596. The molecule has 0 unspecified atom stereocenters. The van der Waals surface area contributed by atoms with Crippen LogP contribution in [0.4, 0.5) is 5.82 Å². The van der Waals surface area contributed by atoms with E-state index in [1.165, 1.54) is 4.90 Å². The molecule has 0 saturated heterocycles. The number of carbonyl (C=O) groups excluding carboxylic acids is 3. The summed E-state index contributed by atoms with van der Waals surface area (Å²) in [6.07, 6.45) is 5.44. The molecule has 0 spiro atoms. The average Bonchev–Trinajstić information content (AvgIpc) is 3.44. The van der Waals surface area contributed by atoms with Crippen molar-refractivity contribution in [1.82, 2.24) is 15.4 Å². The highest BCUT2D eigenvalue weighted by Gasteiger charge is 2.32. The molecule has 2 aromatic rings. The van der Waals surface area contributed by atoms with Crippen molar-refractivity contribution in [2.45, 2.75) is 57.5 Å². The molecule has 3 amide bonds. The van der Waals surface area contributed by atoms with Gasteiger partial charge in [-0.1, -0.05) is 47.8 Å². The molecular weight excluding hydrogens is 444 g/mol. The number of halogens is 1. The Morgan fingerprint density at radius 3 is 2.55 bits per heavy atom. The monoisotopic (exact) mass is 472 g/mol. The van der Waals surface area contributed by atoms with Gasteiger partial charge in [-0.2, -0.15) is 0 Å². The van der Waals surface area contributed by atoms with Gasteiger partial charge >= 0.3 is 0 Å². The maximum atomic E-state index is 13.3. The number of aryl methyl sites for hydroxylation is 1.